The molecule has 188 valence electrons. The lowest BCUT2D eigenvalue weighted by molar-refractivity contribution is -0.116. The van der Waals surface area contributed by atoms with E-state index in [1.54, 1.807) is 23.4 Å². The van der Waals surface area contributed by atoms with Crippen molar-refractivity contribution in [3.05, 3.63) is 84.9 Å². The number of amides is 1. The molecule has 0 bridgehead atoms. The maximum absolute atomic E-state index is 13.9. The van der Waals surface area contributed by atoms with Crippen LogP contribution in [0.4, 0.5) is 10.1 Å². The van der Waals surface area contributed by atoms with Crippen LogP contribution in [0.15, 0.2) is 79.1 Å². The first-order valence-corrected chi connectivity index (χ1v) is 12.1. The molecule has 0 aliphatic heterocycles. The molecule has 4 aromatic heterocycles. The van der Waals surface area contributed by atoms with Gasteiger partial charge in [0.05, 0.1) is 35.3 Å². The summed E-state index contributed by atoms with van der Waals surface area (Å²) in [4.78, 5) is 26.6. The predicted octanol–water partition coefficient (Wildman–Crippen LogP) is 5.47. The van der Waals surface area contributed by atoms with E-state index in [1.807, 2.05) is 62.6 Å². The van der Waals surface area contributed by atoms with E-state index in [0.29, 0.717) is 22.6 Å². The molecule has 0 radical (unpaired) electrons. The van der Waals surface area contributed by atoms with Crippen molar-refractivity contribution in [1.82, 2.24) is 30.0 Å². The molecule has 0 fully saturated rings. The van der Waals surface area contributed by atoms with E-state index >= 15 is 0 Å². The molecule has 6 aromatic rings. The second kappa shape index (κ2) is 9.53. The van der Waals surface area contributed by atoms with Crippen molar-refractivity contribution in [1.29, 1.82) is 0 Å². The van der Waals surface area contributed by atoms with Gasteiger partial charge in [-0.2, -0.15) is 5.10 Å². The highest BCUT2D eigenvalue weighted by molar-refractivity contribution is 6.00. The van der Waals surface area contributed by atoms with Crippen molar-refractivity contribution in [2.45, 2.75) is 0 Å². The number of hydrogen-bond acceptors (Lipinski definition) is 5. The molecule has 3 N–H and O–H groups in total. The third-order valence-corrected chi connectivity index (χ3v) is 6.24. The number of aromatic nitrogens is 5. The number of nitrogens with one attached hydrogen (secondary N) is 3. The Morgan fingerprint density at radius 1 is 0.974 bits per heavy atom. The molecular formula is C29H24FN7O. The Morgan fingerprint density at radius 3 is 2.68 bits per heavy atom. The molecule has 8 nitrogen and oxygen atoms in total. The van der Waals surface area contributed by atoms with Gasteiger partial charge in [-0.3, -0.25) is 14.9 Å². The molecule has 0 spiro atoms. The van der Waals surface area contributed by atoms with Crippen LogP contribution < -0.4 is 5.32 Å². The fraction of sp³-hybridized carbons (Fsp3) is 0.103. The van der Waals surface area contributed by atoms with Crippen LogP contribution in [0.3, 0.4) is 0 Å². The number of H-pyrrole nitrogens is 2. The van der Waals surface area contributed by atoms with E-state index in [-0.39, 0.29) is 18.3 Å². The van der Waals surface area contributed by atoms with Crippen molar-refractivity contribution in [2.75, 3.05) is 26.0 Å². The van der Waals surface area contributed by atoms with Crippen LogP contribution in [0.5, 0.6) is 0 Å². The lowest BCUT2D eigenvalue weighted by Gasteiger charge is -2.10. The topological polar surface area (TPSA) is 103 Å². The lowest BCUT2D eigenvalue weighted by atomic mass is 10.0. The summed E-state index contributed by atoms with van der Waals surface area (Å²) in [5.74, 6) is -0.396. The number of benzene rings is 2. The Hall–Kier alpha value is -4.89. The van der Waals surface area contributed by atoms with Crippen LogP contribution >= 0.6 is 0 Å². The van der Waals surface area contributed by atoms with Gasteiger partial charge in [-0.15, -0.1) is 0 Å². The molecule has 4 heterocycles. The third kappa shape index (κ3) is 4.51. The van der Waals surface area contributed by atoms with Crippen molar-refractivity contribution in [2.24, 2.45) is 0 Å². The summed E-state index contributed by atoms with van der Waals surface area (Å²) >= 11 is 0. The predicted molar refractivity (Wildman–Crippen MR) is 147 cm³/mol. The maximum Gasteiger partial charge on any atom is 0.238 e. The second-order valence-electron chi connectivity index (χ2n) is 9.37. The summed E-state index contributed by atoms with van der Waals surface area (Å²) < 4.78 is 13.9. The number of anilines is 1. The Labute approximate surface area is 217 Å². The van der Waals surface area contributed by atoms with Crippen LogP contribution in [-0.2, 0) is 4.79 Å². The smallest absolute Gasteiger partial charge is 0.238 e. The van der Waals surface area contributed by atoms with Crippen LogP contribution in [0.1, 0.15) is 0 Å². The Morgan fingerprint density at radius 2 is 1.84 bits per heavy atom. The summed E-state index contributed by atoms with van der Waals surface area (Å²) in [6.07, 6.45) is 3.32. The average Bonchev–Trinajstić information content (AvgIpc) is 3.52. The Kier molecular flexibility index (Phi) is 5.89. The van der Waals surface area contributed by atoms with Crippen LogP contribution in [0, 0.1) is 5.82 Å². The minimum absolute atomic E-state index is 0.120. The zero-order chi connectivity index (χ0) is 26.2. The highest BCUT2D eigenvalue weighted by Crippen LogP contribution is 2.34. The Bertz CT molecular complexity index is 1800. The quantitative estimate of drug-likeness (QED) is 0.278. The lowest BCUT2D eigenvalue weighted by Crippen LogP contribution is -2.27. The zero-order valence-corrected chi connectivity index (χ0v) is 20.8. The summed E-state index contributed by atoms with van der Waals surface area (Å²) in [5, 5.41) is 11.4. The Balaban J connectivity index is 1.38. The molecular weight excluding hydrogens is 481 g/mol. The standard InChI is InChI=1S/C29H24FN7O/c1-37(2)16-27(38)32-20-12-18(14-31-15-20)23-9-10-25-28(34-23)29(36-35-25)26-13-22-21(7-4-8-24(22)33-26)17-5-3-6-19(30)11-17/h3-15,33H,16H2,1-2H3,(H,32,38)(H,35,36). The van der Waals surface area contributed by atoms with Gasteiger partial charge in [-0.25, -0.2) is 9.37 Å². The largest absolute Gasteiger partial charge is 0.353 e. The molecule has 1 amide bonds. The minimum Gasteiger partial charge on any atom is -0.353 e. The maximum atomic E-state index is 13.9. The monoisotopic (exact) mass is 505 g/mol. The van der Waals surface area contributed by atoms with Gasteiger partial charge >= 0.3 is 0 Å². The van der Waals surface area contributed by atoms with Crippen molar-refractivity contribution in [3.63, 3.8) is 0 Å². The number of rotatable bonds is 6. The van der Waals surface area contributed by atoms with Gasteiger partial charge in [0.1, 0.15) is 17.0 Å². The zero-order valence-electron chi connectivity index (χ0n) is 20.8. The first-order chi connectivity index (χ1) is 18.4. The molecule has 9 heteroatoms. The van der Waals surface area contributed by atoms with E-state index in [1.165, 1.54) is 12.1 Å². The number of fused-ring (bicyclic) bond motifs is 2. The SMILES string of the molecule is CN(C)CC(=O)Nc1cncc(-c2ccc3[nH]nc(-c4cc5c(-c6cccc(F)c6)cccc5[nH]4)c3n2)c1. The first kappa shape index (κ1) is 23.5. The van der Waals surface area contributed by atoms with Gasteiger partial charge in [0.25, 0.3) is 0 Å². The van der Waals surface area contributed by atoms with Gasteiger partial charge in [0.2, 0.25) is 5.91 Å². The van der Waals surface area contributed by atoms with Crippen LogP contribution in [-0.4, -0.2) is 56.6 Å². The summed E-state index contributed by atoms with van der Waals surface area (Å²) in [6.45, 7) is 0.276. The number of aromatic amines is 2. The van der Waals surface area contributed by atoms with E-state index in [0.717, 1.165) is 38.8 Å². The molecule has 0 saturated heterocycles. The number of carbonyl (C=O) groups excluding carboxylic acids is 1. The van der Waals surface area contributed by atoms with Gasteiger partial charge in [0.15, 0.2) is 0 Å². The van der Waals surface area contributed by atoms with Crippen molar-refractivity contribution >= 4 is 33.5 Å². The highest BCUT2D eigenvalue weighted by atomic mass is 19.1. The summed E-state index contributed by atoms with van der Waals surface area (Å²) in [6, 6.07) is 20.2. The number of halogens is 1. The first-order valence-electron chi connectivity index (χ1n) is 12.1. The molecule has 0 atom stereocenters. The van der Waals surface area contributed by atoms with Crippen molar-refractivity contribution < 1.29 is 9.18 Å². The van der Waals surface area contributed by atoms with E-state index < -0.39 is 0 Å². The molecule has 2 aromatic carbocycles. The number of likely N-dealkylation sites (N-methyl/N-ethyl adjacent to an activating group) is 1. The summed E-state index contributed by atoms with van der Waals surface area (Å²) in [5.41, 5.74) is 7.67. The van der Waals surface area contributed by atoms with Crippen molar-refractivity contribution in [3.8, 4) is 33.8 Å². The van der Waals surface area contributed by atoms with Crippen LogP contribution in [0.2, 0.25) is 0 Å². The number of carbonyl (C=O) groups is 1. The molecule has 0 aliphatic rings. The fourth-order valence-corrected chi connectivity index (χ4v) is 4.57. The van der Waals surface area contributed by atoms with Gasteiger partial charge in [-0.05, 0) is 67.7 Å². The molecule has 0 unspecified atom stereocenters. The number of nitrogens with zero attached hydrogens (tertiary/aromatic N) is 4. The average molecular weight is 506 g/mol. The van der Waals surface area contributed by atoms with E-state index in [2.05, 4.69) is 25.5 Å². The molecule has 0 saturated carbocycles. The van der Waals surface area contributed by atoms with Gasteiger partial charge in [-0.1, -0.05) is 24.3 Å². The summed E-state index contributed by atoms with van der Waals surface area (Å²) in [7, 11) is 3.68. The normalized spacial score (nSPS) is 11.5. The van der Waals surface area contributed by atoms with E-state index in [4.69, 9.17) is 4.98 Å². The molecule has 0 aliphatic carbocycles. The highest BCUT2D eigenvalue weighted by Gasteiger charge is 2.16. The minimum atomic E-state index is -0.277. The molecule has 38 heavy (non-hydrogen) atoms. The van der Waals surface area contributed by atoms with Gasteiger partial charge in [0, 0.05) is 22.7 Å². The molecule has 6 rings (SSSR count). The second-order valence-corrected chi connectivity index (χ2v) is 9.37. The van der Waals surface area contributed by atoms with Gasteiger partial charge < -0.3 is 15.2 Å². The fourth-order valence-electron chi connectivity index (χ4n) is 4.57. The number of hydrogen-bond donors (Lipinski definition) is 3. The van der Waals surface area contributed by atoms with E-state index in [9.17, 15) is 9.18 Å². The number of pyridine rings is 2. The third-order valence-electron chi connectivity index (χ3n) is 6.24. The van der Waals surface area contributed by atoms with Crippen LogP contribution in [0.25, 0.3) is 55.7 Å².